The second-order valence-corrected chi connectivity index (χ2v) is 7.81. The summed E-state index contributed by atoms with van der Waals surface area (Å²) < 4.78 is 5.56. The highest BCUT2D eigenvalue weighted by molar-refractivity contribution is 5.82. The van der Waals surface area contributed by atoms with Crippen LogP contribution in [0.4, 0.5) is 0 Å². The lowest BCUT2D eigenvalue weighted by molar-refractivity contribution is -0.141. The molecule has 2 aliphatic rings. The molecule has 1 aromatic carbocycles. The van der Waals surface area contributed by atoms with Crippen LogP contribution in [0, 0.1) is 11.3 Å². The summed E-state index contributed by atoms with van der Waals surface area (Å²) in [6, 6.07) is 9.32. The summed E-state index contributed by atoms with van der Waals surface area (Å²) in [6.45, 7) is 5.44. The van der Waals surface area contributed by atoms with E-state index in [2.05, 4.69) is 6.92 Å². The highest BCUT2D eigenvalue weighted by atomic mass is 16.5. The van der Waals surface area contributed by atoms with Crippen molar-refractivity contribution in [3.8, 4) is 5.75 Å². The van der Waals surface area contributed by atoms with Crippen LogP contribution in [-0.2, 0) is 9.59 Å². The molecule has 0 radical (unpaired) electrons. The fraction of sp³-hybridized carbons (Fsp3) is 0.600. The molecule has 2 unspecified atom stereocenters. The monoisotopic (exact) mass is 359 g/mol. The molecule has 0 saturated carbocycles. The van der Waals surface area contributed by atoms with Gasteiger partial charge >= 0.3 is 0 Å². The van der Waals surface area contributed by atoms with Gasteiger partial charge in [0.25, 0.3) is 5.91 Å². The molecule has 3 rings (SSSR count). The normalized spacial score (nSPS) is 26.0. The molecule has 1 aromatic rings. The molecule has 2 fully saturated rings. The van der Waals surface area contributed by atoms with Crippen LogP contribution < -0.4 is 10.5 Å². The van der Waals surface area contributed by atoms with Gasteiger partial charge in [-0.3, -0.25) is 9.59 Å². The van der Waals surface area contributed by atoms with Crippen LogP contribution in [0.5, 0.6) is 5.75 Å². The van der Waals surface area contributed by atoms with E-state index in [1.807, 2.05) is 35.2 Å². The third-order valence-electron chi connectivity index (χ3n) is 5.59. The van der Waals surface area contributed by atoms with Gasteiger partial charge in [0.2, 0.25) is 5.91 Å². The number of hydrogen-bond acceptors (Lipinski definition) is 4. The Bertz CT molecular complexity index is 636. The van der Waals surface area contributed by atoms with E-state index >= 15 is 0 Å². The van der Waals surface area contributed by atoms with Gasteiger partial charge in [-0.1, -0.05) is 25.1 Å². The number of hydrogen-bond donors (Lipinski definition) is 1. The van der Waals surface area contributed by atoms with E-state index in [1.54, 1.807) is 4.90 Å². The highest BCUT2D eigenvalue weighted by Crippen LogP contribution is 2.30. The number of carbonyl (C=O) groups excluding carboxylic acids is 2. The van der Waals surface area contributed by atoms with Crippen LogP contribution in [0.1, 0.15) is 26.2 Å². The number of likely N-dealkylation sites (tertiary alicyclic amines) is 2. The largest absolute Gasteiger partial charge is 0.484 e. The van der Waals surface area contributed by atoms with Gasteiger partial charge in [-0.05, 0) is 43.4 Å². The first-order valence-corrected chi connectivity index (χ1v) is 9.45. The number of ether oxygens (including phenoxy) is 1. The number of rotatable bonds is 5. The molecule has 0 aromatic heterocycles. The van der Waals surface area contributed by atoms with Crippen LogP contribution in [0.15, 0.2) is 30.3 Å². The summed E-state index contributed by atoms with van der Waals surface area (Å²) in [7, 11) is 0. The topological polar surface area (TPSA) is 75.9 Å². The second-order valence-electron chi connectivity index (χ2n) is 7.81. The fourth-order valence-electron chi connectivity index (χ4n) is 3.80. The van der Waals surface area contributed by atoms with Crippen molar-refractivity contribution in [3.05, 3.63) is 30.3 Å². The Morgan fingerprint density at radius 3 is 2.69 bits per heavy atom. The third kappa shape index (κ3) is 4.36. The minimum Gasteiger partial charge on any atom is -0.484 e. The van der Waals surface area contributed by atoms with E-state index in [0.717, 1.165) is 32.4 Å². The van der Waals surface area contributed by atoms with Crippen molar-refractivity contribution < 1.29 is 14.3 Å². The van der Waals surface area contributed by atoms with Crippen LogP contribution in [0.25, 0.3) is 0 Å². The molecule has 2 amide bonds. The van der Waals surface area contributed by atoms with Gasteiger partial charge in [0, 0.05) is 26.2 Å². The van der Waals surface area contributed by atoms with Crippen molar-refractivity contribution in [1.29, 1.82) is 0 Å². The predicted molar refractivity (Wildman–Crippen MR) is 99.6 cm³/mol. The standard InChI is InChI=1S/C20H29N3O3/c1-20(14-21)9-11-23(15-20)19(25)16-6-5-10-22(12-16)18(24)13-26-17-7-3-2-4-8-17/h2-4,7-8,16H,5-6,9-15,21H2,1H3. The molecule has 26 heavy (non-hydrogen) atoms. The zero-order chi connectivity index (χ0) is 18.6. The highest BCUT2D eigenvalue weighted by Gasteiger charge is 2.38. The van der Waals surface area contributed by atoms with Crippen molar-refractivity contribution in [2.45, 2.75) is 26.2 Å². The molecule has 142 valence electrons. The molecular weight excluding hydrogens is 330 g/mol. The lowest BCUT2D eigenvalue weighted by Crippen LogP contribution is -2.48. The van der Waals surface area contributed by atoms with E-state index in [-0.39, 0.29) is 29.8 Å². The molecule has 6 heteroatoms. The first-order valence-electron chi connectivity index (χ1n) is 9.45. The van der Waals surface area contributed by atoms with Crippen molar-refractivity contribution >= 4 is 11.8 Å². The molecule has 2 N–H and O–H groups in total. The van der Waals surface area contributed by atoms with Gasteiger partial charge in [-0.25, -0.2) is 0 Å². The summed E-state index contributed by atoms with van der Waals surface area (Å²) in [5.74, 6) is 0.691. The molecular formula is C20H29N3O3. The predicted octanol–water partition coefficient (Wildman–Crippen LogP) is 1.50. The van der Waals surface area contributed by atoms with Crippen LogP contribution in [-0.4, -0.2) is 60.9 Å². The van der Waals surface area contributed by atoms with Crippen molar-refractivity contribution in [2.75, 3.05) is 39.3 Å². The molecule has 0 aliphatic carbocycles. The minimum atomic E-state index is -0.107. The van der Waals surface area contributed by atoms with Gasteiger partial charge in [-0.15, -0.1) is 0 Å². The van der Waals surface area contributed by atoms with Crippen LogP contribution in [0.3, 0.4) is 0 Å². The van der Waals surface area contributed by atoms with E-state index in [9.17, 15) is 9.59 Å². The van der Waals surface area contributed by atoms with Crippen LogP contribution >= 0.6 is 0 Å². The summed E-state index contributed by atoms with van der Waals surface area (Å²) in [4.78, 5) is 29.0. The van der Waals surface area contributed by atoms with Gasteiger partial charge in [-0.2, -0.15) is 0 Å². The smallest absolute Gasteiger partial charge is 0.260 e. The molecule has 2 atom stereocenters. The number of benzene rings is 1. The van der Waals surface area contributed by atoms with Gasteiger partial charge in [0.15, 0.2) is 6.61 Å². The maximum atomic E-state index is 12.9. The molecule has 6 nitrogen and oxygen atoms in total. The molecule has 2 heterocycles. The summed E-state index contributed by atoms with van der Waals surface area (Å²) >= 11 is 0. The Morgan fingerprint density at radius 1 is 1.23 bits per heavy atom. The average molecular weight is 359 g/mol. The Balaban J connectivity index is 1.52. The number of nitrogens with zero attached hydrogens (tertiary/aromatic N) is 2. The minimum absolute atomic E-state index is 0.0138. The Labute approximate surface area is 155 Å². The average Bonchev–Trinajstić information content (AvgIpc) is 3.09. The number of piperidine rings is 1. The Hall–Kier alpha value is -2.08. The molecule has 0 spiro atoms. The van der Waals surface area contributed by atoms with E-state index in [0.29, 0.717) is 25.4 Å². The number of nitrogens with two attached hydrogens (primary N) is 1. The maximum Gasteiger partial charge on any atom is 0.260 e. The second kappa shape index (κ2) is 8.08. The van der Waals surface area contributed by atoms with Gasteiger partial charge in [0.05, 0.1) is 5.92 Å². The Kier molecular flexibility index (Phi) is 5.81. The first kappa shape index (κ1) is 18.7. The lowest BCUT2D eigenvalue weighted by Gasteiger charge is -2.34. The first-order chi connectivity index (χ1) is 12.5. The van der Waals surface area contributed by atoms with E-state index in [1.165, 1.54) is 0 Å². The summed E-state index contributed by atoms with van der Waals surface area (Å²) in [5, 5.41) is 0. The third-order valence-corrected chi connectivity index (χ3v) is 5.59. The van der Waals surface area contributed by atoms with Crippen molar-refractivity contribution in [2.24, 2.45) is 17.1 Å². The quantitative estimate of drug-likeness (QED) is 0.864. The summed E-state index contributed by atoms with van der Waals surface area (Å²) in [5.41, 5.74) is 5.88. The van der Waals surface area contributed by atoms with E-state index in [4.69, 9.17) is 10.5 Å². The number of carbonyl (C=O) groups is 2. The van der Waals surface area contributed by atoms with Crippen molar-refractivity contribution in [3.63, 3.8) is 0 Å². The van der Waals surface area contributed by atoms with Crippen LogP contribution in [0.2, 0.25) is 0 Å². The zero-order valence-electron chi connectivity index (χ0n) is 15.5. The SMILES string of the molecule is CC1(CN)CCN(C(=O)C2CCCN(C(=O)COc3ccccc3)C2)C1. The maximum absolute atomic E-state index is 12.9. The lowest BCUT2D eigenvalue weighted by atomic mass is 9.90. The molecule has 2 aliphatic heterocycles. The van der Waals surface area contributed by atoms with Gasteiger partial charge in [0.1, 0.15) is 5.75 Å². The number of amides is 2. The fourth-order valence-corrected chi connectivity index (χ4v) is 3.80. The molecule has 0 bridgehead atoms. The Morgan fingerprint density at radius 2 is 2.00 bits per heavy atom. The number of para-hydroxylation sites is 1. The van der Waals surface area contributed by atoms with Gasteiger partial charge < -0.3 is 20.3 Å². The zero-order valence-corrected chi connectivity index (χ0v) is 15.5. The van der Waals surface area contributed by atoms with Crippen molar-refractivity contribution in [1.82, 2.24) is 9.80 Å². The molecule has 2 saturated heterocycles. The summed E-state index contributed by atoms with van der Waals surface area (Å²) in [6.07, 6.45) is 2.66. The van der Waals surface area contributed by atoms with E-state index < -0.39 is 0 Å².